The van der Waals surface area contributed by atoms with Crippen molar-refractivity contribution in [3.05, 3.63) is 106 Å². The van der Waals surface area contributed by atoms with E-state index in [-0.39, 0.29) is 23.6 Å². The highest BCUT2D eigenvalue weighted by Gasteiger charge is 2.21. The first-order valence-electron chi connectivity index (χ1n) is 14.0. The molecule has 1 N–H and O–H groups in total. The number of carbonyl (C=O) groups is 1. The van der Waals surface area contributed by atoms with Gasteiger partial charge in [0.1, 0.15) is 12.4 Å². The number of aromatic nitrogens is 3. The number of aryl methyl sites for hydroxylation is 2. The number of ether oxygens (including phenoxy) is 2. The van der Waals surface area contributed by atoms with E-state index in [2.05, 4.69) is 55.3 Å². The molecular formula is C33H39FN4O3. The van der Waals surface area contributed by atoms with E-state index in [9.17, 15) is 9.18 Å². The van der Waals surface area contributed by atoms with Crippen molar-refractivity contribution in [2.24, 2.45) is 0 Å². The Bertz CT molecular complexity index is 1460. The minimum absolute atomic E-state index is 0.112. The Kier molecular flexibility index (Phi) is 9.76. The zero-order valence-corrected chi connectivity index (χ0v) is 24.5. The molecular weight excluding hydrogens is 519 g/mol. The van der Waals surface area contributed by atoms with Crippen molar-refractivity contribution in [1.82, 2.24) is 14.8 Å². The van der Waals surface area contributed by atoms with Crippen molar-refractivity contribution >= 4 is 11.7 Å². The van der Waals surface area contributed by atoms with Crippen molar-refractivity contribution in [1.29, 1.82) is 0 Å². The third-order valence-corrected chi connectivity index (χ3v) is 6.63. The number of halogens is 1. The molecule has 0 aliphatic carbocycles. The fraction of sp³-hybridized carbons (Fsp3) is 0.364. The van der Waals surface area contributed by atoms with Crippen molar-refractivity contribution in [3.8, 4) is 5.88 Å². The number of benzene rings is 2. The van der Waals surface area contributed by atoms with Crippen molar-refractivity contribution in [2.75, 3.05) is 11.9 Å². The van der Waals surface area contributed by atoms with Crippen molar-refractivity contribution < 1.29 is 18.7 Å². The highest BCUT2D eigenvalue weighted by Crippen LogP contribution is 2.26. The van der Waals surface area contributed by atoms with Gasteiger partial charge >= 0.3 is 5.97 Å². The lowest BCUT2D eigenvalue weighted by atomic mass is 9.93. The van der Waals surface area contributed by atoms with Crippen LogP contribution in [0.2, 0.25) is 0 Å². The normalized spacial score (nSPS) is 11.4. The first kappa shape index (κ1) is 29.8. The van der Waals surface area contributed by atoms with Gasteiger partial charge in [-0.2, -0.15) is 5.10 Å². The number of rotatable bonds is 12. The quantitative estimate of drug-likeness (QED) is 0.194. The Labute approximate surface area is 241 Å². The summed E-state index contributed by atoms with van der Waals surface area (Å²) in [5.74, 6) is 0.0551. The highest BCUT2D eigenvalue weighted by molar-refractivity contribution is 5.69. The van der Waals surface area contributed by atoms with Crippen LogP contribution in [0.4, 0.5) is 10.1 Å². The molecule has 8 heteroatoms. The molecule has 4 aromatic rings. The molecule has 0 aliphatic heterocycles. The number of hydrogen-bond acceptors (Lipinski definition) is 6. The SMILES string of the molecule is CCOC(=O)CCc1ccc(NCc2ccc(Cn3nc(C(C)(C)C)cc3OCc3cccc(C)n3)cc2)cc1F. The number of pyridine rings is 1. The molecule has 0 amide bonds. The van der Waals surface area contributed by atoms with Crippen LogP contribution in [0.25, 0.3) is 0 Å². The molecule has 41 heavy (non-hydrogen) atoms. The van der Waals surface area contributed by atoms with Gasteiger partial charge in [0.25, 0.3) is 0 Å². The summed E-state index contributed by atoms with van der Waals surface area (Å²) in [5, 5.41) is 8.12. The Hall–Kier alpha value is -4.20. The summed E-state index contributed by atoms with van der Waals surface area (Å²) in [5.41, 5.74) is 6.02. The van der Waals surface area contributed by atoms with Gasteiger partial charge in [0.2, 0.25) is 5.88 Å². The monoisotopic (exact) mass is 558 g/mol. The zero-order valence-electron chi connectivity index (χ0n) is 24.5. The maximum absolute atomic E-state index is 14.5. The van der Waals surface area contributed by atoms with Crippen LogP contribution in [0, 0.1) is 12.7 Å². The molecule has 0 radical (unpaired) electrons. The van der Waals surface area contributed by atoms with E-state index < -0.39 is 0 Å². The molecule has 0 spiro atoms. The number of esters is 1. The maximum atomic E-state index is 14.5. The van der Waals surface area contributed by atoms with Gasteiger partial charge in [-0.3, -0.25) is 9.78 Å². The average Bonchev–Trinajstić information content (AvgIpc) is 3.34. The van der Waals surface area contributed by atoms with Gasteiger partial charge in [-0.25, -0.2) is 9.07 Å². The minimum Gasteiger partial charge on any atom is -0.471 e. The highest BCUT2D eigenvalue weighted by atomic mass is 19.1. The number of carbonyl (C=O) groups excluding carboxylic acids is 1. The van der Waals surface area contributed by atoms with E-state index >= 15 is 0 Å². The lowest BCUT2D eigenvalue weighted by Gasteiger charge is -2.14. The van der Waals surface area contributed by atoms with E-state index in [1.165, 1.54) is 6.07 Å². The Morgan fingerprint density at radius 2 is 1.78 bits per heavy atom. The maximum Gasteiger partial charge on any atom is 0.306 e. The smallest absolute Gasteiger partial charge is 0.306 e. The predicted molar refractivity (Wildman–Crippen MR) is 158 cm³/mol. The van der Waals surface area contributed by atoms with E-state index in [1.54, 1.807) is 13.0 Å². The Balaban J connectivity index is 1.37. The van der Waals surface area contributed by atoms with Crippen LogP contribution in [-0.4, -0.2) is 27.3 Å². The van der Waals surface area contributed by atoms with Gasteiger partial charge in [-0.1, -0.05) is 57.2 Å². The summed E-state index contributed by atoms with van der Waals surface area (Å²) >= 11 is 0. The first-order valence-corrected chi connectivity index (χ1v) is 14.0. The van der Waals surface area contributed by atoms with Crippen LogP contribution >= 0.6 is 0 Å². The van der Waals surface area contributed by atoms with E-state index in [1.807, 2.05) is 41.9 Å². The molecule has 4 rings (SSSR count). The van der Waals surface area contributed by atoms with Crippen LogP contribution in [-0.2, 0) is 41.1 Å². The van der Waals surface area contributed by atoms with Gasteiger partial charge < -0.3 is 14.8 Å². The second-order valence-electron chi connectivity index (χ2n) is 11.1. The molecule has 2 aromatic carbocycles. The predicted octanol–water partition coefficient (Wildman–Crippen LogP) is 6.76. The zero-order chi connectivity index (χ0) is 29.4. The number of hydrogen-bond donors (Lipinski definition) is 1. The Morgan fingerprint density at radius 1 is 1.02 bits per heavy atom. The largest absolute Gasteiger partial charge is 0.471 e. The van der Waals surface area contributed by atoms with Crippen LogP contribution < -0.4 is 10.1 Å². The first-order chi connectivity index (χ1) is 19.6. The molecule has 216 valence electrons. The molecule has 0 fully saturated rings. The van der Waals surface area contributed by atoms with Crippen LogP contribution in [0.5, 0.6) is 5.88 Å². The topological polar surface area (TPSA) is 78.3 Å². The van der Waals surface area contributed by atoms with Crippen LogP contribution in [0.15, 0.2) is 66.7 Å². The third-order valence-electron chi connectivity index (χ3n) is 6.63. The molecule has 0 bridgehead atoms. The number of nitrogens with zero attached hydrogens (tertiary/aromatic N) is 3. The molecule has 0 saturated heterocycles. The molecule has 7 nitrogen and oxygen atoms in total. The van der Waals surface area contributed by atoms with E-state index in [0.29, 0.717) is 49.9 Å². The van der Waals surface area contributed by atoms with Gasteiger partial charge in [0.05, 0.1) is 24.5 Å². The minimum atomic E-state index is -0.334. The number of nitrogens with one attached hydrogen (secondary N) is 1. The Morgan fingerprint density at radius 3 is 2.46 bits per heavy atom. The third kappa shape index (κ3) is 8.64. The summed E-state index contributed by atoms with van der Waals surface area (Å²) in [6, 6.07) is 21.2. The summed E-state index contributed by atoms with van der Waals surface area (Å²) < 4.78 is 27.5. The van der Waals surface area contributed by atoms with Crippen LogP contribution in [0.3, 0.4) is 0 Å². The fourth-order valence-corrected chi connectivity index (χ4v) is 4.29. The van der Waals surface area contributed by atoms with E-state index in [0.717, 1.165) is 28.2 Å². The summed E-state index contributed by atoms with van der Waals surface area (Å²) in [4.78, 5) is 16.1. The van der Waals surface area contributed by atoms with Gasteiger partial charge in [0, 0.05) is 35.8 Å². The standard InChI is InChI=1S/C33H39FN4O3/c1-6-40-32(39)17-15-26-14-16-27(18-29(26)34)35-20-24-10-12-25(13-11-24)21-38-31(19-30(37-38)33(3,4)5)41-22-28-9-7-8-23(2)36-28/h7-14,16,18-19,35H,6,15,17,20-22H2,1-5H3. The number of anilines is 1. The van der Waals surface area contributed by atoms with Gasteiger partial charge in [0.15, 0.2) is 0 Å². The summed E-state index contributed by atoms with van der Waals surface area (Å²) in [6.07, 6.45) is 0.479. The van der Waals surface area contributed by atoms with Gasteiger partial charge in [-0.05, 0) is 61.2 Å². The van der Waals surface area contributed by atoms with E-state index in [4.69, 9.17) is 14.6 Å². The lowest BCUT2D eigenvalue weighted by Crippen LogP contribution is -2.13. The molecule has 2 aromatic heterocycles. The lowest BCUT2D eigenvalue weighted by molar-refractivity contribution is -0.143. The van der Waals surface area contributed by atoms with Crippen molar-refractivity contribution in [2.45, 2.75) is 72.6 Å². The van der Waals surface area contributed by atoms with Crippen molar-refractivity contribution in [3.63, 3.8) is 0 Å². The average molecular weight is 559 g/mol. The summed E-state index contributed by atoms with van der Waals surface area (Å²) in [6.45, 7) is 11.9. The molecule has 0 atom stereocenters. The molecule has 0 saturated carbocycles. The van der Waals surface area contributed by atoms with Crippen LogP contribution in [0.1, 0.15) is 67.9 Å². The van der Waals surface area contributed by atoms with Gasteiger partial charge in [-0.15, -0.1) is 0 Å². The molecule has 2 heterocycles. The molecule has 0 unspecified atom stereocenters. The fourth-order valence-electron chi connectivity index (χ4n) is 4.29. The second kappa shape index (κ2) is 13.4. The second-order valence-corrected chi connectivity index (χ2v) is 11.1. The molecule has 0 aliphatic rings. The summed E-state index contributed by atoms with van der Waals surface area (Å²) in [7, 11) is 0.